The normalized spacial score (nSPS) is 17.8. The Morgan fingerprint density at radius 3 is 2.58 bits per heavy atom. The van der Waals surface area contributed by atoms with E-state index in [-0.39, 0.29) is 37.2 Å². The number of carboxylic acids is 1. The van der Waals surface area contributed by atoms with Gasteiger partial charge in [0.25, 0.3) is 0 Å². The number of carboxylic acid groups (broad SMARTS) is 1. The van der Waals surface area contributed by atoms with E-state index >= 15 is 0 Å². The summed E-state index contributed by atoms with van der Waals surface area (Å²) < 4.78 is 0. The fraction of sp³-hybridized carbons (Fsp3) is 0.636. The van der Waals surface area contributed by atoms with E-state index in [1.807, 2.05) is 0 Å². The second-order valence-electron chi connectivity index (χ2n) is 9.16. The van der Waals surface area contributed by atoms with Crippen molar-refractivity contribution < 1.29 is 24.3 Å². The van der Waals surface area contributed by atoms with Gasteiger partial charge in [-0.25, -0.2) is 9.78 Å². The van der Waals surface area contributed by atoms with Crippen LogP contribution in [-0.4, -0.2) is 86.9 Å². The molecule has 1 aromatic rings. The van der Waals surface area contributed by atoms with Crippen LogP contribution in [0.5, 0.6) is 0 Å². The lowest BCUT2D eigenvalue weighted by Crippen LogP contribution is -2.57. The second kappa shape index (κ2) is 13.4. The van der Waals surface area contributed by atoms with E-state index in [2.05, 4.69) is 25.6 Å². The lowest BCUT2D eigenvalue weighted by Gasteiger charge is -2.29. The molecule has 1 aliphatic heterocycles. The molecule has 1 aliphatic rings. The number of amides is 3. The molecule has 36 heavy (non-hydrogen) atoms. The quantitative estimate of drug-likeness (QED) is 0.0889. The summed E-state index contributed by atoms with van der Waals surface area (Å²) >= 11 is 0. The van der Waals surface area contributed by atoms with Crippen molar-refractivity contribution in [3.63, 3.8) is 0 Å². The number of carbonyl (C=O) groups excluding carboxylic acids is 3. The Morgan fingerprint density at radius 2 is 2.00 bits per heavy atom. The Hall–Kier alpha value is -3.68. The van der Waals surface area contributed by atoms with Crippen LogP contribution in [0.25, 0.3) is 0 Å². The molecule has 1 saturated heterocycles. The molecule has 1 aromatic heterocycles. The zero-order valence-corrected chi connectivity index (χ0v) is 20.6. The number of aliphatic imine (C=N–C) groups is 1. The SMILES string of the molecule is CC(C)C(NC(=O)C(CCCN=C(N)N)NC(=O)C1CCCN1C(=O)C(N)Cc1cnc[nH]1)C(=O)O. The van der Waals surface area contributed by atoms with Crippen LogP contribution < -0.4 is 27.8 Å². The highest BCUT2D eigenvalue weighted by atomic mass is 16.4. The summed E-state index contributed by atoms with van der Waals surface area (Å²) in [7, 11) is 0. The van der Waals surface area contributed by atoms with Gasteiger partial charge in [0.05, 0.1) is 12.4 Å². The molecule has 1 fully saturated rings. The number of imidazole rings is 1. The lowest BCUT2D eigenvalue weighted by molar-refractivity contribution is -0.144. The molecule has 10 N–H and O–H groups in total. The molecule has 0 radical (unpaired) electrons. The molecule has 0 spiro atoms. The zero-order valence-electron chi connectivity index (χ0n) is 20.6. The van der Waals surface area contributed by atoms with Crippen molar-refractivity contribution in [2.75, 3.05) is 13.1 Å². The Balaban J connectivity index is 2.10. The van der Waals surface area contributed by atoms with Crippen molar-refractivity contribution in [3.8, 4) is 0 Å². The first kappa shape index (κ1) is 28.6. The van der Waals surface area contributed by atoms with Crippen LogP contribution in [0.15, 0.2) is 17.5 Å². The van der Waals surface area contributed by atoms with Crippen molar-refractivity contribution in [3.05, 3.63) is 18.2 Å². The van der Waals surface area contributed by atoms with Gasteiger partial charge >= 0.3 is 5.97 Å². The number of guanidine groups is 1. The zero-order chi connectivity index (χ0) is 26.8. The number of likely N-dealkylation sites (tertiary alicyclic amines) is 1. The molecule has 4 atom stereocenters. The van der Waals surface area contributed by atoms with Gasteiger partial charge in [0.15, 0.2) is 5.96 Å². The maximum absolute atomic E-state index is 13.2. The van der Waals surface area contributed by atoms with Gasteiger partial charge in [-0.15, -0.1) is 0 Å². The number of nitrogens with two attached hydrogens (primary N) is 3. The second-order valence-corrected chi connectivity index (χ2v) is 9.16. The maximum atomic E-state index is 13.2. The predicted molar refractivity (Wildman–Crippen MR) is 131 cm³/mol. The molecule has 0 bridgehead atoms. The summed E-state index contributed by atoms with van der Waals surface area (Å²) in [5.41, 5.74) is 17.5. The highest BCUT2D eigenvalue weighted by Crippen LogP contribution is 2.19. The largest absolute Gasteiger partial charge is 0.480 e. The Kier molecular flexibility index (Phi) is 10.6. The number of hydrogen-bond donors (Lipinski definition) is 7. The van der Waals surface area contributed by atoms with Crippen molar-refractivity contribution in [1.29, 1.82) is 0 Å². The highest BCUT2D eigenvalue weighted by Gasteiger charge is 2.38. The summed E-state index contributed by atoms with van der Waals surface area (Å²) in [4.78, 5) is 62.8. The van der Waals surface area contributed by atoms with E-state index in [1.54, 1.807) is 20.0 Å². The average Bonchev–Trinajstić information content (AvgIpc) is 3.50. The number of aliphatic carboxylic acids is 1. The van der Waals surface area contributed by atoms with Gasteiger partial charge < -0.3 is 42.8 Å². The van der Waals surface area contributed by atoms with Crippen LogP contribution in [0.1, 0.15) is 45.2 Å². The van der Waals surface area contributed by atoms with E-state index in [0.29, 0.717) is 31.5 Å². The summed E-state index contributed by atoms with van der Waals surface area (Å²) in [5, 5.41) is 14.6. The van der Waals surface area contributed by atoms with Crippen LogP contribution in [0.4, 0.5) is 0 Å². The molecular weight excluding hydrogens is 470 g/mol. The van der Waals surface area contributed by atoms with Gasteiger partial charge in [0.1, 0.15) is 18.1 Å². The number of aromatic nitrogens is 2. The molecule has 2 rings (SSSR count). The van der Waals surface area contributed by atoms with Gasteiger partial charge in [-0.2, -0.15) is 0 Å². The third-order valence-electron chi connectivity index (χ3n) is 5.96. The number of H-pyrrole nitrogens is 1. The molecule has 14 heteroatoms. The van der Waals surface area contributed by atoms with Gasteiger partial charge in [0, 0.05) is 31.4 Å². The van der Waals surface area contributed by atoms with Crippen LogP contribution in [0.2, 0.25) is 0 Å². The minimum atomic E-state index is -1.18. The molecule has 0 aliphatic carbocycles. The van der Waals surface area contributed by atoms with E-state index < -0.39 is 42.0 Å². The van der Waals surface area contributed by atoms with Crippen molar-refractivity contribution in [2.45, 2.75) is 70.1 Å². The Bertz CT molecular complexity index is 930. The van der Waals surface area contributed by atoms with Crippen LogP contribution in [-0.2, 0) is 25.6 Å². The predicted octanol–water partition coefficient (Wildman–Crippen LogP) is -1.97. The van der Waals surface area contributed by atoms with Gasteiger partial charge in [0.2, 0.25) is 17.7 Å². The minimum Gasteiger partial charge on any atom is -0.480 e. The fourth-order valence-corrected chi connectivity index (χ4v) is 4.04. The monoisotopic (exact) mass is 507 g/mol. The van der Waals surface area contributed by atoms with Crippen molar-refractivity contribution in [1.82, 2.24) is 25.5 Å². The molecule has 0 saturated carbocycles. The topological polar surface area (TPSA) is 235 Å². The van der Waals surface area contributed by atoms with E-state index in [1.165, 1.54) is 11.2 Å². The first-order chi connectivity index (χ1) is 17.0. The summed E-state index contributed by atoms with van der Waals surface area (Å²) in [6.07, 6.45) is 4.86. The molecule has 0 aromatic carbocycles. The summed E-state index contributed by atoms with van der Waals surface area (Å²) in [5.74, 6) is -3.17. The van der Waals surface area contributed by atoms with Gasteiger partial charge in [-0.3, -0.25) is 19.4 Å². The number of carbonyl (C=O) groups is 4. The third-order valence-corrected chi connectivity index (χ3v) is 5.96. The Labute approximate surface area is 209 Å². The number of hydrogen-bond acceptors (Lipinski definition) is 7. The van der Waals surface area contributed by atoms with E-state index in [4.69, 9.17) is 17.2 Å². The van der Waals surface area contributed by atoms with Crippen LogP contribution in [0, 0.1) is 5.92 Å². The molecular formula is C22H37N9O5. The molecule has 2 heterocycles. The fourth-order valence-electron chi connectivity index (χ4n) is 4.04. The average molecular weight is 508 g/mol. The third kappa shape index (κ3) is 8.22. The molecule has 14 nitrogen and oxygen atoms in total. The van der Waals surface area contributed by atoms with Gasteiger partial charge in [-0.05, 0) is 31.6 Å². The van der Waals surface area contributed by atoms with E-state index in [9.17, 15) is 24.3 Å². The smallest absolute Gasteiger partial charge is 0.326 e. The molecule has 3 amide bonds. The molecule has 200 valence electrons. The van der Waals surface area contributed by atoms with Gasteiger partial charge in [-0.1, -0.05) is 13.8 Å². The van der Waals surface area contributed by atoms with Crippen molar-refractivity contribution >= 4 is 29.7 Å². The standard InChI is InChI=1S/C22H37N9O5/c1-12(2)17(21(35)36)30-18(32)15(5-3-7-27-22(24)25)29-19(33)16-6-4-8-31(16)20(34)14(23)9-13-10-26-11-28-13/h10-12,14-17H,3-9,23H2,1-2H3,(H,26,28)(H,29,33)(H,30,32)(H,35,36)(H4,24,25,27). The minimum absolute atomic E-state index is 0.0997. The first-order valence-electron chi connectivity index (χ1n) is 11.9. The number of rotatable bonds is 13. The number of aromatic amines is 1. The Morgan fingerprint density at radius 1 is 1.28 bits per heavy atom. The van der Waals surface area contributed by atoms with Crippen LogP contribution >= 0.6 is 0 Å². The number of nitrogens with one attached hydrogen (secondary N) is 3. The summed E-state index contributed by atoms with van der Waals surface area (Å²) in [6.45, 7) is 3.92. The first-order valence-corrected chi connectivity index (χ1v) is 11.9. The molecule has 4 unspecified atom stereocenters. The van der Waals surface area contributed by atoms with E-state index in [0.717, 1.165) is 0 Å². The highest BCUT2D eigenvalue weighted by molar-refractivity contribution is 5.94. The lowest BCUT2D eigenvalue weighted by atomic mass is 10.0. The van der Waals surface area contributed by atoms with Crippen molar-refractivity contribution in [2.24, 2.45) is 28.1 Å². The number of nitrogens with zero attached hydrogens (tertiary/aromatic N) is 3. The summed E-state index contributed by atoms with van der Waals surface area (Å²) in [6, 6.07) is -3.82. The maximum Gasteiger partial charge on any atom is 0.326 e. The van der Waals surface area contributed by atoms with Crippen LogP contribution in [0.3, 0.4) is 0 Å².